The standard InChI is InChI=1S/C24H35N3O2/c1-29-22-4-2-21(3-5-22)27-8-6-26(7-9-27)16-23(28)25-17-24-13-18-10-19(14-24)12-20(11-18)15-24/h2-5,18-20H,6-17H2,1H3,(H,25,28). The SMILES string of the molecule is COc1ccc(N2CCN(CC(=O)NCC34CC5CC(CC(C5)C3)C4)CC2)cc1. The number of hydrogen-bond acceptors (Lipinski definition) is 4. The van der Waals surface area contributed by atoms with Crippen molar-refractivity contribution in [1.82, 2.24) is 10.2 Å². The molecule has 5 heteroatoms. The third-order valence-electron chi connectivity index (χ3n) is 8.00. The molecule has 0 atom stereocenters. The largest absolute Gasteiger partial charge is 0.497 e. The van der Waals surface area contributed by atoms with Gasteiger partial charge in [0.15, 0.2) is 0 Å². The third kappa shape index (κ3) is 4.11. The average Bonchev–Trinajstić information content (AvgIpc) is 2.72. The van der Waals surface area contributed by atoms with Crippen molar-refractivity contribution in [2.75, 3.05) is 51.3 Å². The van der Waals surface area contributed by atoms with E-state index in [0.717, 1.165) is 56.2 Å². The van der Waals surface area contributed by atoms with Gasteiger partial charge in [-0.1, -0.05) is 0 Å². The lowest BCUT2D eigenvalue weighted by atomic mass is 9.49. The molecule has 5 fully saturated rings. The number of carbonyl (C=O) groups is 1. The number of amides is 1. The van der Waals surface area contributed by atoms with Crippen LogP contribution in [0.2, 0.25) is 0 Å². The lowest BCUT2D eigenvalue weighted by molar-refractivity contribution is -0.124. The molecule has 1 aromatic rings. The summed E-state index contributed by atoms with van der Waals surface area (Å²) < 4.78 is 5.25. The third-order valence-corrected chi connectivity index (χ3v) is 8.00. The molecule has 0 unspecified atom stereocenters. The zero-order valence-corrected chi connectivity index (χ0v) is 17.7. The average molecular weight is 398 g/mol. The van der Waals surface area contributed by atoms with Crippen molar-refractivity contribution >= 4 is 11.6 Å². The highest BCUT2D eigenvalue weighted by Crippen LogP contribution is 2.59. The van der Waals surface area contributed by atoms with Crippen molar-refractivity contribution in [2.45, 2.75) is 38.5 Å². The first-order valence-corrected chi connectivity index (χ1v) is 11.5. The summed E-state index contributed by atoms with van der Waals surface area (Å²) in [6, 6.07) is 8.26. The fraction of sp³-hybridized carbons (Fsp3) is 0.708. The first-order chi connectivity index (χ1) is 14.1. The number of piperazine rings is 1. The summed E-state index contributed by atoms with van der Waals surface area (Å²) in [5.74, 6) is 3.96. The van der Waals surface area contributed by atoms with E-state index in [9.17, 15) is 4.79 Å². The van der Waals surface area contributed by atoms with E-state index >= 15 is 0 Å². The Bertz CT molecular complexity index is 689. The van der Waals surface area contributed by atoms with E-state index in [1.54, 1.807) is 7.11 Å². The van der Waals surface area contributed by atoms with E-state index in [-0.39, 0.29) is 5.91 Å². The van der Waals surface area contributed by atoms with Crippen molar-refractivity contribution in [3.8, 4) is 5.75 Å². The first kappa shape index (κ1) is 19.2. The van der Waals surface area contributed by atoms with Crippen LogP contribution >= 0.6 is 0 Å². The molecule has 158 valence electrons. The highest BCUT2D eigenvalue weighted by atomic mass is 16.5. The van der Waals surface area contributed by atoms with E-state index in [2.05, 4.69) is 27.2 Å². The predicted octanol–water partition coefficient (Wildman–Crippen LogP) is 3.15. The Hall–Kier alpha value is -1.75. The topological polar surface area (TPSA) is 44.8 Å². The van der Waals surface area contributed by atoms with Gasteiger partial charge in [-0.25, -0.2) is 0 Å². The van der Waals surface area contributed by atoms with Crippen LogP contribution in [0.4, 0.5) is 5.69 Å². The first-order valence-electron chi connectivity index (χ1n) is 11.5. The summed E-state index contributed by atoms with van der Waals surface area (Å²) in [7, 11) is 1.70. The maximum absolute atomic E-state index is 12.6. The molecular weight excluding hydrogens is 362 g/mol. The Morgan fingerprint density at radius 3 is 2.14 bits per heavy atom. The highest BCUT2D eigenvalue weighted by molar-refractivity contribution is 5.78. The Kier molecular flexibility index (Phi) is 5.19. The van der Waals surface area contributed by atoms with Gasteiger partial charge in [-0.3, -0.25) is 9.69 Å². The van der Waals surface area contributed by atoms with Gasteiger partial charge < -0.3 is 15.0 Å². The number of benzene rings is 1. The second-order valence-corrected chi connectivity index (χ2v) is 10.2. The van der Waals surface area contributed by atoms with Crippen LogP contribution in [-0.4, -0.2) is 57.2 Å². The lowest BCUT2D eigenvalue weighted by Gasteiger charge is -2.57. The number of rotatable bonds is 6. The zero-order valence-electron chi connectivity index (χ0n) is 17.7. The van der Waals surface area contributed by atoms with Crippen molar-refractivity contribution in [2.24, 2.45) is 23.2 Å². The molecule has 0 aromatic heterocycles. The summed E-state index contributed by atoms with van der Waals surface area (Å²) in [4.78, 5) is 17.3. The molecule has 4 aliphatic carbocycles. The highest BCUT2D eigenvalue weighted by Gasteiger charge is 2.50. The molecule has 1 heterocycles. The number of nitrogens with zero attached hydrogens (tertiary/aromatic N) is 2. The van der Waals surface area contributed by atoms with E-state index in [0.29, 0.717) is 12.0 Å². The van der Waals surface area contributed by atoms with Crippen LogP contribution in [0.3, 0.4) is 0 Å². The van der Waals surface area contributed by atoms with E-state index < -0.39 is 0 Å². The van der Waals surface area contributed by atoms with Crippen molar-refractivity contribution in [3.63, 3.8) is 0 Å². The van der Waals surface area contributed by atoms with Crippen molar-refractivity contribution in [3.05, 3.63) is 24.3 Å². The molecular formula is C24H35N3O2. The molecule has 5 nitrogen and oxygen atoms in total. The van der Waals surface area contributed by atoms with E-state index in [1.165, 1.54) is 44.2 Å². The minimum atomic E-state index is 0.221. The number of ether oxygens (including phenoxy) is 1. The molecule has 29 heavy (non-hydrogen) atoms. The Morgan fingerprint density at radius 2 is 1.59 bits per heavy atom. The summed E-state index contributed by atoms with van der Waals surface area (Å²) in [5, 5.41) is 3.33. The lowest BCUT2D eigenvalue weighted by Crippen LogP contribution is -2.53. The number of hydrogen-bond donors (Lipinski definition) is 1. The minimum absolute atomic E-state index is 0.221. The van der Waals surface area contributed by atoms with Gasteiger partial charge in [0.05, 0.1) is 13.7 Å². The van der Waals surface area contributed by atoms with Gasteiger partial charge in [0.2, 0.25) is 5.91 Å². The fourth-order valence-electron chi connectivity index (χ4n) is 7.01. The Balaban J connectivity index is 1.07. The van der Waals surface area contributed by atoms with Crippen LogP contribution in [0.1, 0.15) is 38.5 Å². The molecule has 1 saturated heterocycles. The molecule has 1 aromatic carbocycles. The molecule has 1 aliphatic heterocycles. The maximum Gasteiger partial charge on any atom is 0.234 e. The molecule has 4 bridgehead atoms. The molecule has 4 saturated carbocycles. The number of anilines is 1. The van der Waals surface area contributed by atoms with Crippen molar-refractivity contribution in [1.29, 1.82) is 0 Å². The van der Waals surface area contributed by atoms with Gasteiger partial charge >= 0.3 is 0 Å². The molecule has 0 radical (unpaired) electrons. The molecule has 1 N–H and O–H groups in total. The predicted molar refractivity (Wildman–Crippen MR) is 115 cm³/mol. The van der Waals surface area contributed by atoms with Gasteiger partial charge in [-0.15, -0.1) is 0 Å². The van der Waals surface area contributed by atoms with Crippen LogP contribution < -0.4 is 15.0 Å². The van der Waals surface area contributed by atoms with Crippen molar-refractivity contribution < 1.29 is 9.53 Å². The van der Waals surface area contributed by atoms with E-state index in [4.69, 9.17) is 4.74 Å². The monoisotopic (exact) mass is 397 g/mol. The fourth-order valence-corrected chi connectivity index (χ4v) is 7.01. The summed E-state index contributed by atoms with van der Waals surface area (Å²) in [6.07, 6.45) is 8.47. The second-order valence-electron chi connectivity index (χ2n) is 10.2. The quantitative estimate of drug-likeness (QED) is 0.801. The maximum atomic E-state index is 12.6. The van der Waals surface area contributed by atoms with E-state index in [1.807, 2.05) is 12.1 Å². The Morgan fingerprint density at radius 1 is 1.00 bits per heavy atom. The van der Waals surface area contributed by atoms with Crippen LogP contribution in [0, 0.1) is 23.2 Å². The van der Waals surface area contributed by atoms with Crippen LogP contribution in [0.25, 0.3) is 0 Å². The zero-order chi connectivity index (χ0) is 19.8. The molecule has 5 aliphatic rings. The normalized spacial score (nSPS) is 33.7. The smallest absolute Gasteiger partial charge is 0.234 e. The number of carbonyl (C=O) groups excluding carboxylic acids is 1. The van der Waals surface area contributed by atoms with Crippen LogP contribution in [0.15, 0.2) is 24.3 Å². The molecule has 1 amide bonds. The summed E-state index contributed by atoms with van der Waals surface area (Å²) >= 11 is 0. The van der Waals surface area contributed by atoms with Gasteiger partial charge in [-0.05, 0) is 86.0 Å². The molecule has 6 rings (SSSR count). The van der Waals surface area contributed by atoms with Gasteiger partial charge in [0, 0.05) is 38.4 Å². The van der Waals surface area contributed by atoms with Gasteiger partial charge in [0.25, 0.3) is 0 Å². The Labute approximate surface area is 174 Å². The second kappa shape index (κ2) is 7.82. The minimum Gasteiger partial charge on any atom is -0.497 e. The van der Waals surface area contributed by atoms with Crippen LogP contribution in [0.5, 0.6) is 5.75 Å². The summed E-state index contributed by atoms with van der Waals surface area (Å²) in [6.45, 7) is 5.28. The number of nitrogens with one attached hydrogen (secondary N) is 1. The van der Waals surface area contributed by atoms with Gasteiger partial charge in [0.1, 0.15) is 5.75 Å². The van der Waals surface area contributed by atoms with Crippen LogP contribution in [-0.2, 0) is 4.79 Å². The molecule has 0 spiro atoms. The summed E-state index contributed by atoms with van der Waals surface area (Å²) in [5.41, 5.74) is 1.66. The number of methoxy groups -OCH3 is 1. The van der Waals surface area contributed by atoms with Gasteiger partial charge in [-0.2, -0.15) is 0 Å².